The van der Waals surface area contributed by atoms with Gasteiger partial charge in [0, 0.05) is 19.2 Å². The molecule has 0 aliphatic carbocycles. The molecule has 0 saturated carbocycles. The molecule has 1 atom stereocenters. The van der Waals surface area contributed by atoms with E-state index in [1.165, 1.54) is 0 Å². The van der Waals surface area contributed by atoms with Crippen LogP contribution in [0.5, 0.6) is 0 Å². The van der Waals surface area contributed by atoms with Gasteiger partial charge in [0.25, 0.3) is 5.91 Å². The summed E-state index contributed by atoms with van der Waals surface area (Å²) >= 11 is 0. The maximum atomic E-state index is 13.2. The summed E-state index contributed by atoms with van der Waals surface area (Å²) in [6.07, 6.45) is 3.91. The first-order chi connectivity index (χ1) is 13.1. The van der Waals surface area contributed by atoms with Crippen molar-refractivity contribution in [2.75, 3.05) is 6.54 Å². The molecule has 3 heterocycles. The van der Waals surface area contributed by atoms with Gasteiger partial charge in [0.15, 0.2) is 0 Å². The van der Waals surface area contributed by atoms with Gasteiger partial charge < -0.3 is 9.32 Å². The standard InChI is InChI=1S/C20H23N5O2/c1-14-13-17(24(2)23-14)20(26)25-12-8-4-7-11-16(25)19-22-21-18(27-19)15-9-5-3-6-10-15/h3,5-6,9-10,13,16H,4,7-8,11-12H2,1-2H3. The first-order valence-corrected chi connectivity index (χ1v) is 9.34. The summed E-state index contributed by atoms with van der Waals surface area (Å²) in [6, 6.07) is 11.3. The van der Waals surface area contributed by atoms with Crippen LogP contribution < -0.4 is 0 Å². The average molecular weight is 365 g/mol. The monoisotopic (exact) mass is 365 g/mol. The Bertz CT molecular complexity index is 931. The number of aryl methyl sites for hydroxylation is 2. The summed E-state index contributed by atoms with van der Waals surface area (Å²) in [5.74, 6) is 0.950. The highest BCUT2D eigenvalue weighted by atomic mass is 16.4. The van der Waals surface area contributed by atoms with E-state index in [4.69, 9.17) is 4.42 Å². The molecule has 0 N–H and O–H groups in total. The van der Waals surface area contributed by atoms with Gasteiger partial charge in [0.2, 0.25) is 11.8 Å². The third-order valence-electron chi connectivity index (χ3n) is 4.98. The van der Waals surface area contributed by atoms with Gasteiger partial charge >= 0.3 is 0 Å². The highest BCUT2D eigenvalue weighted by molar-refractivity contribution is 5.93. The van der Waals surface area contributed by atoms with E-state index in [0.29, 0.717) is 24.0 Å². The van der Waals surface area contributed by atoms with E-state index in [0.717, 1.165) is 36.9 Å². The maximum absolute atomic E-state index is 13.2. The van der Waals surface area contributed by atoms with Crippen molar-refractivity contribution in [3.8, 4) is 11.5 Å². The second kappa shape index (κ2) is 7.34. The van der Waals surface area contributed by atoms with Crippen molar-refractivity contribution in [2.45, 2.75) is 38.6 Å². The number of carbonyl (C=O) groups is 1. The Balaban J connectivity index is 1.65. The van der Waals surface area contributed by atoms with E-state index in [-0.39, 0.29) is 11.9 Å². The van der Waals surface area contributed by atoms with E-state index in [1.54, 1.807) is 11.7 Å². The largest absolute Gasteiger partial charge is 0.418 e. The Morgan fingerprint density at radius 3 is 2.70 bits per heavy atom. The maximum Gasteiger partial charge on any atom is 0.272 e. The fourth-order valence-electron chi connectivity index (χ4n) is 3.63. The number of aromatic nitrogens is 4. The van der Waals surface area contributed by atoms with Crippen LogP contribution in [0, 0.1) is 6.92 Å². The highest BCUT2D eigenvalue weighted by Gasteiger charge is 2.32. The zero-order chi connectivity index (χ0) is 18.8. The van der Waals surface area contributed by atoms with Crippen molar-refractivity contribution < 1.29 is 9.21 Å². The van der Waals surface area contributed by atoms with Crippen LogP contribution in [0.3, 0.4) is 0 Å². The first kappa shape index (κ1) is 17.5. The lowest BCUT2D eigenvalue weighted by molar-refractivity contribution is 0.0641. The number of hydrogen-bond acceptors (Lipinski definition) is 5. The van der Waals surface area contributed by atoms with Crippen LogP contribution in [0.25, 0.3) is 11.5 Å². The highest BCUT2D eigenvalue weighted by Crippen LogP contribution is 2.32. The lowest BCUT2D eigenvalue weighted by Gasteiger charge is -2.27. The lowest BCUT2D eigenvalue weighted by atomic mass is 10.1. The second-order valence-corrected chi connectivity index (χ2v) is 6.97. The smallest absolute Gasteiger partial charge is 0.272 e. The molecule has 1 aromatic carbocycles. The molecule has 1 aliphatic rings. The van der Waals surface area contributed by atoms with Crippen molar-refractivity contribution in [1.82, 2.24) is 24.9 Å². The zero-order valence-corrected chi connectivity index (χ0v) is 15.6. The quantitative estimate of drug-likeness (QED) is 0.709. The molecule has 27 heavy (non-hydrogen) atoms. The predicted molar refractivity (Wildman–Crippen MR) is 99.9 cm³/mol. The minimum atomic E-state index is -0.208. The van der Waals surface area contributed by atoms with Crippen molar-refractivity contribution in [3.05, 3.63) is 53.7 Å². The molecular formula is C20H23N5O2. The molecule has 2 aromatic heterocycles. The topological polar surface area (TPSA) is 77.0 Å². The van der Waals surface area contributed by atoms with Gasteiger partial charge in [0.1, 0.15) is 11.7 Å². The Labute approximate surface area is 158 Å². The average Bonchev–Trinajstić information content (AvgIpc) is 3.21. The number of amides is 1. The Kier molecular flexibility index (Phi) is 4.75. The minimum Gasteiger partial charge on any atom is -0.418 e. The molecule has 7 heteroatoms. The molecule has 7 nitrogen and oxygen atoms in total. The molecule has 0 bridgehead atoms. The zero-order valence-electron chi connectivity index (χ0n) is 15.6. The van der Waals surface area contributed by atoms with Crippen LogP contribution in [-0.2, 0) is 7.05 Å². The third kappa shape index (κ3) is 3.49. The summed E-state index contributed by atoms with van der Waals surface area (Å²) in [6.45, 7) is 2.57. The molecule has 1 amide bonds. The van der Waals surface area contributed by atoms with E-state index in [2.05, 4.69) is 15.3 Å². The number of likely N-dealkylation sites (tertiary alicyclic amines) is 1. The summed E-state index contributed by atoms with van der Waals surface area (Å²) in [7, 11) is 1.80. The summed E-state index contributed by atoms with van der Waals surface area (Å²) in [5.41, 5.74) is 2.29. The van der Waals surface area contributed by atoms with Gasteiger partial charge in [-0.15, -0.1) is 10.2 Å². The van der Waals surface area contributed by atoms with Crippen molar-refractivity contribution in [2.24, 2.45) is 7.05 Å². The Hall–Kier alpha value is -2.96. The first-order valence-electron chi connectivity index (χ1n) is 9.34. The molecule has 3 aromatic rings. The molecule has 1 aliphatic heterocycles. The second-order valence-electron chi connectivity index (χ2n) is 6.97. The third-order valence-corrected chi connectivity index (χ3v) is 4.98. The van der Waals surface area contributed by atoms with E-state index in [1.807, 2.05) is 48.2 Å². The number of benzene rings is 1. The van der Waals surface area contributed by atoms with Crippen LogP contribution in [0.1, 0.15) is 53.8 Å². The van der Waals surface area contributed by atoms with Gasteiger partial charge in [-0.2, -0.15) is 5.10 Å². The molecule has 4 rings (SSSR count). The van der Waals surface area contributed by atoms with Crippen LogP contribution in [0.15, 0.2) is 40.8 Å². The van der Waals surface area contributed by atoms with E-state index in [9.17, 15) is 4.79 Å². The van der Waals surface area contributed by atoms with Gasteiger partial charge in [0.05, 0.1) is 5.69 Å². The van der Waals surface area contributed by atoms with Crippen LogP contribution in [-0.4, -0.2) is 37.3 Å². The Morgan fingerprint density at radius 2 is 1.96 bits per heavy atom. The van der Waals surface area contributed by atoms with Crippen LogP contribution in [0.2, 0.25) is 0 Å². The molecule has 0 spiro atoms. The van der Waals surface area contributed by atoms with Crippen molar-refractivity contribution in [3.63, 3.8) is 0 Å². The fourth-order valence-corrected chi connectivity index (χ4v) is 3.63. The van der Waals surface area contributed by atoms with Crippen LogP contribution in [0.4, 0.5) is 0 Å². The molecule has 0 radical (unpaired) electrons. The predicted octanol–water partition coefficient (Wildman–Crippen LogP) is 3.54. The summed E-state index contributed by atoms with van der Waals surface area (Å²) < 4.78 is 7.62. The van der Waals surface area contributed by atoms with Gasteiger partial charge in [-0.05, 0) is 38.0 Å². The molecular weight excluding hydrogens is 342 g/mol. The molecule has 1 unspecified atom stereocenters. The Morgan fingerprint density at radius 1 is 1.15 bits per heavy atom. The molecule has 1 fully saturated rings. The minimum absolute atomic E-state index is 0.0375. The number of carbonyl (C=O) groups excluding carboxylic acids is 1. The molecule has 140 valence electrons. The number of nitrogens with zero attached hydrogens (tertiary/aromatic N) is 5. The summed E-state index contributed by atoms with van der Waals surface area (Å²) in [4.78, 5) is 15.1. The van der Waals surface area contributed by atoms with Gasteiger partial charge in [-0.1, -0.05) is 31.0 Å². The normalized spacial score (nSPS) is 17.7. The van der Waals surface area contributed by atoms with E-state index < -0.39 is 0 Å². The number of rotatable bonds is 3. The molecule has 1 saturated heterocycles. The summed E-state index contributed by atoms with van der Waals surface area (Å²) in [5, 5.41) is 12.8. The van der Waals surface area contributed by atoms with E-state index >= 15 is 0 Å². The van der Waals surface area contributed by atoms with Gasteiger partial charge in [-0.25, -0.2) is 0 Å². The van der Waals surface area contributed by atoms with Crippen molar-refractivity contribution in [1.29, 1.82) is 0 Å². The number of hydrogen-bond donors (Lipinski definition) is 0. The van der Waals surface area contributed by atoms with Gasteiger partial charge in [-0.3, -0.25) is 9.48 Å². The SMILES string of the molecule is Cc1cc(C(=O)N2CCCCCC2c2nnc(-c3ccccc3)o2)n(C)n1. The fraction of sp³-hybridized carbons (Fsp3) is 0.400. The lowest BCUT2D eigenvalue weighted by Crippen LogP contribution is -2.36. The van der Waals surface area contributed by atoms with Crippen molar-refractivity contribution >= 4 is 5.91 Å². The van der Waals surface area contributed by atoms with Crippen LogP contribution >= 0.6 is 0 Å².